The van der Waals surface area contributed by atoms with Crippen LogP contribution in [0.5, 0.6) is 0 Å². The van der Waals surface area contributed by atoms with Gasteiger partial charge in [0.15, 0.2) is 0 Å². The Bertz CT molecular complexity index is 729. The average molecular weight is 649 g/mol. The topological polar surface area (TPSA) is 0 Å². The van der Waals surface area contributed by atoms with Gasteiger partial charge in [0.2, 0.25) is 0 Å². The third-order valence-corrected chi connectivity index (χ3v) is 39.7. The van der Waals surface area contributed by atoms with E-state index in [4.69, 9.17) is 0 Å². The molecule has 0 atom stereocenters. The molecule has 0 radical (unpaired) electrons. The zero-order chi connectivity index (χ0) is 17.9. The second kappa shape index (κ2) is 8.70. The SMILES string of the molecule is Fc1ccc([P+]([Se][I+]I)(c2ccc(F)cc2)c2ccc(F)cc2)cc1. The second-order valence-corrected chi connectivity index (χ2v) is 32.1. The summed E-state index contributed by atoms with van der Waals surface area (Å²) in [6.45, 7) is 0. The van der Waals surface area contributed by atoms with Crippen molar-refractivity contribution in [3.8, 4) is 0 Å². The van der Waals surface area contributed by atoms with Gasteiger partial charge in [-0.25, -0.2) is 0 Å². The minimum atomic E-state index is -2.01. The van der Waals surface area contributed by atoms with Crippen LogP contribution in [0.2, 0.25) is 0 Å². The molecule has 3 rings (SSSR count). The summed E-state index contributed by atoms with van der Waals surface area (Å²) < 4.78 is 40.5. The van der Waals surface area contributed by atoms with Gasteiger partial charge in [-0.2, -0.15) is 0 Å². The number of benzene rings is 3. The Hall–Kier alpha value is -0.141. The van der Waals surface area contributed by atoms with E-state index in [-0.39, 0.29) is 43.7 Å². The van der Waals surface area contributed by atoms with Crippen molar-refractivity contribution in [2.24, 2.45) is 0 Å². The van der Waals surface area contributed by atoms with E-state index in [1.54, 1.807) is 0 Å². The van der Waals surface area contributed by atoms with E-state index in [0.29, 0.717) is 0 Å². The van der Waals surface area contributed by atoms with Crippen LogP contribution in [0.4, 0.5) is 13.2 Å². The first-order chi connectivity index (χ1) is 12.1. The van der Waals surface area contributed by atoms with Crippen LogP contribution >= 0.6 is 24.6 Å². The molecule has 0 saturated heterocycles. The van der Waals surface area contributed by atoms with E-state index >= 15 is 0 Å². The van der Waals surface area contributed by atoms with E-state index < -0.39 is 5.95 Å². The van der Waals surface area contributed by atoms with Crippen molar-refractivity contribution < 1.29 is 28.2 Å². The molecule has 0 spiro atoms. The molecule has 3 aromatic carbocycles. The van der Waals surface area contributed by atoms with Crippen LogP contribution in [0.3, 0.4) is 0 Å². The number of halogens is 5. The fraction of sp³-hybridized carbons (Fsp3) is 0. The normalized spacial score (nSPS) is 11.5. The number of hydrogen-bond donors (Lipinski definition) is 0. The maximum atomic E-state index is 13.5. The van der Waals surface area contributed by atoms with Crippen LogP contribution in [-0.2, 0) is 0 Å². The Morgan fingerprint density at radius 1 is 0.600 bits per heavy atom. The van der Waals surface area contributed by atoms with Crippen molar-refractivity contribution in [3.63, 3.8) is 0 Å². The Labute approximate surface area is 168 Å². The molecular weight excluding hydrogens is 637 g/mol. The third-order valence-electron chi connectivity index (χ3n) is 3.70. The summed E-state index contributed by atoms with van der Waals surface area (Å²) in [5, 5.41) is 3.18. The van der Waals surface area contributed by atoms with Crippen LogP contribution in [0.15, 0.2) is 72.8 Å². The van der Waals surface area contributed by atoms with Gasteiger partial charge in [-0.3, -0.25) is 0 Å². The molecule has 0 bridgehead atoms. The van der Waals surface area contributed by atoms with Crippen LogP contribution in [0, 0.1) is 17.5 Å². The molecule has 0 aliphatic carbocycles. The summed E-state index contributed by atoms with van der Waals surface area (Å²) in [6.07, 6.45) is 0. The van der Waals surface area contributed by atoms with Gasteiger partial charge >= 0.3 is 170 Å². The first-order valence-electron chi connectivity index (χ1n) is 7.18. The van der Waals surface area contributed by atoms with Crippen LogP contribution in [-0.4, -0.2) is 11.3 Å². The second-order valence-electron chi connectivity index (χ2n) is 5.17. The summed E-state index contributed by atoms with van der Waals surface area (Å²) >= 11 is 2.64. The van der Waals surface area contributed by atoms with Crippen molar-refractivity contribution in [2.75, 3.05) is 0 Å². The molecule has 0 saturated carbocycles. The molecule has 3 aromatic rings. The van der Waals surface area contributed by atoms with Crippen LogP contribution < -0.4 is 30.9 Å². The minimum absolute atomic E-state index is 0.0827. The van der Waals surface area contributed by atoms with Crippen molar-refractivity contribution in [2.45, 2.75) is 0 Å². The molecule has 7 heteroatoms. The van der Waals surface area contributed by atoms with E-state index in [9.17, 15) is 13.2 Å². The summed E-state index contributed by atoms with van der Waals surface area (Å²) in [6, 6.07) is 19.8. The van der Waals surface area contributed by atoms with Gasteiger partial charge in [-0.1, -0.05) is 0 Å². The third kappa shape index (κ3) is 4.24. The van der Waals surface area contributed by atoms with Crippen molar-refractivity contribution in [1.82, 2.24) is 0 Å². The van der Waals surface area contributed by atoms with E-state index in [2.05, 4.69) is 18.6 Å². The quantitative estimate of drug-likeness (QED) is 0.223. The predicted molar refractivity (Wildman–Crippen MR) is 105 cm³/mol. The van der Waals surface area contributed by atoms with Crippen LogP contribution in [0.25, 0.3) is 0 Å². The number of hydrogen-bond acceptors (Lipinski definition) is 0. The Morgan fingerprint density at radius 3 is 1.12 bits per heavy atom. The van der Waals surface area contributed by atoms with E-state index in [0.717, 1.165) is 15.9 Å². The molecule has 0 amide bonds. The molecule has 0 fully saturated rings. The van der Waals surface area contributed by atoms with E-state index in [1.165, 1.54) is 36.4 Å². The molecule has 0 heterocycles. The van der Waals surface area contributed by atoms with Gasteiger partial charge in [-0.15, -0.1) is 0 Å². The Kier molecular flexibility index (Phi) is 6.83. The van der Waals surface area contributed by atoms with Crippen LogP contribution in [0.1, 0.15) is 0 Å². The van der Waals surface area contributed by atoms with Gasteiger partial charge in [0, 0.05) is 0 Å². The summed E-state index contributed by atoms with van der Waals surface area (Å²) in [7, 11) is 0. The monoisotopic (exact) mass is 650 g/mol. The fourth-order valence-corrected chi connectivity index (χ4v) is 47.2. The van der Waals surface area contributed by atoms with E-state index in [1.807, 2.05) is 36.4 Å². The Morgan fingerprint density at radius 2 is 0.880 bits per heavy atom. The van der Waals surface area contributed by atoms with Gasteiger partial charge in [-0.05, 0) is 0 Å². The molecule has 0 aromatic heterocycles. The molecular formula is C18H12F3I2PSe+2. The van der Waals surface area contributed by atoms with Gasteiger partial charge in [0.05, 0.1) is 0 Å². The molecule has 25 heavy (non-hydrogen) atoms. The van der Waals surface area contributed by atoms with Gasteiger partial charge < -0.3 is 0 Å². The zero-order valence-electron chi connectivity index (χ0n) is 12.7. The van der Waals surface area contributed by atoms with Crippen molar-refractivity contribution in [3.05, 3.63) is 90.2 Å². The first-order valence-corrected chi connectivity index (χ1v) is 22.7. The molecule has 0 aliphatic rings. The molecule has 0 aliphatic heterocycles. The van der Waals surface area contributed by atoms with Crippen molar-refractivity contribution >= 4 is 51.7 Å². The fourth-order valence-electron chi connectivity index (χ4n) is 2.56. The summed E-state index contributed by atoms with van der Waals surface area (Å²) in [5.41, 5.74) is 0. The molecule has 0 nitrogen and oxygen atoms in total. The Balaban J connectivity index is 2.28. The maximum absolute atomic E-state index is 13.5. The molecule has 128 valence electrons. The standard InChI is InChI=1S/C18H12F3I2PSe/c19-13-1-7-16(8-2-13)24(25-23-22,17-9-3-14(20)4-10-17)18-11-5-15(21)6-12-18/h1-12H/q+2. The molecule has 0 N–H and O–H groups in total. The summed E-state index contributed by atoms with van der Waals surface area (Å²) in [5.74, 6) is -2.85. The summed E-state index contributed by atoms with van der Waals surface area (Å²) in [4.78, 5) is 0. The predicted octanol–water partition coefficient (Wildman–Crippen LogP) is 1.37. The van der Waals surface area contributed by atoms with Crippen molar-refractivity contribution in [1.29, 1.82) is 0 Å². The number of rotatable bonds is 5. The van der Waals surface area contributed by atoms with Gasteiger partial charge in [0.1, 0.15) is 0 Å². The average Bonchev–Trinajstić information content (AvgIpc) is 2.62. The zero-order valence-corrected chi connectivity index (χ0v) is 19.6. The first kappa shape index (κ1) is 19.6. The van der Waals surface area contributed by atoms with Gasteiger partial charge in [0.25, 0.3) is 0 Å². The molecule has 0 unspecified atom stereocenters.